The van der Waals surface area contributed by atoms with Crippen LogP contribution in [0.4, 0.5) is 0 Å². The van der Waals surface area contributed by atoms with E-state index in [1.807, 2.05) is 0 Å². The quantitative estimate of drug-likeness (QED) is 0.255. The lowest BCUT2D eigenvalue weighted by molar-refractivity contribution is -0.148. The topological polar surface area (TPSA) is 98.2 Å². The summed E-state index contributed by atoms with van der Waals surface area (Å²) in [4.78, 5) is 42.6. The summed E-state index contributed by atoms with van der Waals surface area (Å²) >= 11 is 5.14. The van der Waals surface area contributed by atoms with E-state index in [1.54, 1.807) is 15.9 Å². The molecule has 3 fully saturated rings. The molecule has 0 aromatic carbocycles. The molecule has 3 heterocycles. The molecule has 3 rings (SSSR count). The second-order valence-electron chi connectivity index (χ2n) is 8.39. The van der Waals surface area contributed by atoms with Gasteiger partial charge in [-0.15, -0.1) is 18.3 Å². The number of alkyl halides is 1. The minimum absolute atomic E-state index is 0.0475. The Labute approximate surface area is 190 Å². The maximum absolute atomic E-state index is 13.8. The van der Waals surface area contributed by atoms with Crippen LogP contribution in [0.2, 0.25) is 0 Å². The van der Waals surface area contributed by atoms with Gasteiger partial charge < -0.3 is 20.0 Å². The van der Waals surface area contributed by atoms with Crippen LogP contribution in [-0.2, 0) is 14.4 Å². The second-order valence-corrected chi connectivity index (χ2v) is 11.1. The number of aliphatic hydroxyl groups is 1. The summed E-state index contributed by atoms with van der Waals surface area (Å²) < 4.78 is -0.740. The van der Waals surface area contributed by atoms with Crippen molar-refractivity contribution in [1.82, 2.24) is 9.80 Å². The highest BCUT2D eigenvalue weighted by atomic mass is 79.9. The van der Waals surface area contributed by atoms with Crippen molar-refractivity contribution in [3.8, 4) is 0 Å². The molecule has 0 aromatic heterocycles. The van der Waals surface area contributed by atoms with E-state index in [0.717, 1.165) is 19.3 Å². The van der Waals surface area contributed by atoms with Crippen molar-refractivity contribution < 1.29 is 24.6 Å². The Kier molecular flexibility index (Phi) is 7.56. The molecular formula is C21H31BrN2O5S. The summed E-state index contributed by atoms with van der Waals surface area (Å²) in [6.07, 6.45) is 5.56. The van der Waals surface area contributed by atoms with Crippen LogP contribution in [0.25, 0.3) is 0 Å². The third kappa shape index (κ3) is 3.81. The second kappa shape index (κ2) is 9.61. The Morgan fingerprint density at radius 1 is 1.40 bits per heavy atom. The van der Waals surface area contributed by atoms with Crippen LogP contribution in [0.15, 0.2) is 12.7 Å². The summed E-state index contributed by atoms with van der Waals surface area (Å²) in [6, 6.07) is -0.706. The van der Waals surface area contributed by atoms with Gasteiger partial charge in [-0.25, -0.2) is 0 Å². The largest absolute Gasteiger partial charge is 0.481 e. The summed E-state index contributed by atoms with van der Waals surface area (Å²) in [5.74, 6) is -2.86. The van der Waals surface area contributed by atoms with E-state index in [4.69, 9.17) is 0 Å². The maximum Gasteiger partial charge on any atom is 0.308 e. The number of halogens is 1. The van der Waals surface area contributed by atoms with E-state index in [1.165, 1.54) is 11.8 Å². The Bertz CT molecular complexity index is 707. The van der Waals surface area contributed by atoms with E-state index >= 15 is 0 Å². The van der Waals surface area contributed by atoms with Crippen LogP contribution >= 0.6 is 27.7 Å². The van der Waals surface area contributed by atoms with Crippen LogP contribution < -0.4 is 0 Å². The van der Waals surface area contributed by atoms with E-state index in [9.17, 15) is 24.6 Å². The molecule has 9 heteroatoms. The molecule has 6 atom stereocenters. The lowest BCUT2D eigenvalue weighted by Crippen LogP contribution is -2.55. The van der Waals surface area contributed by atoms with E-state index in [2.05, 4.69) is 29.4 Å². The van der Waals surface area contributed by atoms with Crippen LogP contribution in [0.3, 0.4) is 0 Å². The number of fused-ring (bicyclic) bond motifs is 1. The van der Waals surface area contributed by atoms with Crippen LogP contribution in [0.5, 0.6) is 0 Å². The van der Waals surface area contributed by atoms with Gasteiger partial charge in [-0.2, -0.15) is 0 Å². The molecule has 0 aliphatic carbocycles. The SMILES string of the molecule is C=CCN(CCCCC)C(=O)C1N(CCCO)C(=O)[C@@H]2[C@H](C(=O)O)[C@H]3SC12CC3Br. The highest BCUT2D eigenvalue weighted by molar-refractivity contribution is 9.09. The fraction of sp³-hybridized carbons (Fsp3) is 0.762. The lowest BCUT2D eigenvalue weighted by atomic mass is 9.71. The zero-order chi connectivity index (χ0) is 22.1. The van der Waals surface area contributed by atoms with Crippen molar-refractivity contribution in [2.45, 2.75) is 59.9 Å². The van der Waals surface area contributed by atoms with Crippen molar-refractivity contribution in [2.75, 3.05) is 26.2 Å². The molecule has 1 spiro atoms. The average molecular weight is 503 g/mol. The minimum atomic E-state index is -0.974. The number of nitrogens with zero attached hydrogens (tertiary/aromatic N) is 2. The van der Waals surface area contributed by atoms with Crippen LogP contribution in [0, 0.1) is 11.8 Å². The number of hydrogen-bond acceptors (Lipinski definition) is 5. The number of hydrogen-bond donors (Lipinski definition) is 2. The fourth-order valence-electron chi connectivity index (χ4n) is 5.35. The van der Waals surface area contributed by atoms with Crippen LogP contribution in [0.1, 0.15) is 39.0 Å². The van der Waals surface area contributed by atoms with Gasteiger partial charge in [0, 0.05) is 36.3 Å². The van der Waals surface area contributed by atoms with Crippen molar-refractivity contribution in [3.63, 3.8) is 0 Å². The van der Waals surface area contributed by atoms with Gasteiger partial charge in [-0.3, -0.25) is 14.4 Å². The number of carboxylic acid groups (broad SMARTS) is 1. The average Bonchev–Trinajstić information content (AvgIpc) is 3.29. The first-order chi connectivity index (χ1) is 14.3. The molecule has 7 nitrogen and oxygen atoms in total. The lowest BCUT2D eigenvalue weighted by Gasteiger charge is -2.37. The standard InChI is InChI=1S/C21H31BrN2O5S/c1-3-5-6-9-23(8-4-2)19(27)17-21-12-13(22)16(30-21)14(20(28)29)15(21)18(26)24(17)10-7-11-25/h4,13-17,25H,2-3,5-12H2,1H3,(H,28,29)/t13?,14-,15-,16-,17?,21?/m0/s1. The third-order valence-electron chi connectivity index (χ3n) is 6.56. The monoisotopic (exact) mass is 502 g/mol. The number of unbranched alkanes of at least 4 members (excludes halogenated alkanes) is 2. The van der Waals surface area contributed by atoms with Gasteiger partial charge in [0.2, 0.25) is 11.8 Å². The normalized spacial score (nSPS) is 34.3. The molecule has 3 unspecified atom stereocenters. The first-order valence-corrected chi connectivity index (χ1v) is 12.5. The number of carbonyl (C=O) groups is 3. The van der Waals surface area contributed by atoms with E-state index in [0.29, 0.717) is 25.9 Å². The number of likely N-dealkylation sites (tertiary alicyclic amines) is 1. The van der Waals surface area contributed by atoms with Crippen LogP contribution in [-0.4, -0.2) is 84.9 Å². The number of carbonyl (C=O) groups excluding carboxylic acids is 2. The molecule has 3 aliphatic heterocycles. The minimum Gasteiger partial charge on any atom is -0.481 e. The zero-order valence-electron chi connectivity index (χ0n) is 17.3. The number of aliphatic hydroxyl groups excluding tert-OH is 1. The number of thioether (sulfide) groups is 1. The number of rotatable bonds is 11. The van der Waals surface area contributed by atoms with Crippen molar-refractivity contribution in [1.29, 1.82) is 0 Å². The van der Waals surface area contributed by atoms with Crippen molar-refractivity contribution in [2.24, 2.45) is 11.8 Å². The van der Waals surface area contributed by atoms with Gasteiger partial charge in [-0.1, -0.05) is 41.8 Å². The van der Waals surface area contributed by atoms with Gasteiger partial charge in [0.1, 0.15) is 6.04 Å². The summed E-state index contributed by atoms with van der Waals surface area (Å²) in [6.45, 7) is 7.04. The summed E-state index contributed by atoms with van der Waals surface area (Å²) in [5.41, 5.74) is 0. The zero-order valence-corrected chi connectivity index (χ0v) is 19.7. The fourth-order valence-corrected chi connectivity index (χ4v) is 8.95. The molecule has 30 heavy (non-hydrogen) atoms. The van der Waals surface area contributed by atoms with Gasteiger partial charge in [0.05, 0.1) is 16.6 Å². The molecule has 2 N–H and O–H groups in total. The molecular weight excluding hydrogens is 472 g/mol. The first kappa shape index (κ1) is 23.6. The van der Waals surface area contributed by atoms with Crippen molar-refractivity contribution in [3.05, 3.63) is 12.7 Å². The molecule has 0 aromatic rings. The maximum atomic E-state index is 13.8. The van der Waals surface area contributed by atoms with E-state index in [-0.39, 0.29) is 35.0 Å². The highest BCUT2D eigenvalue weighted by Gasteiger charge is 2.75. The molecule has 3 saturated heterocycles. The molecule has 168 valence electrons. The molecule has 0 saturated carbocycles. The highest BCUT2D eigenvalue weighted by Crippen LogP contribution is 2.67. The van der Waals surface area contributed by atoms with Gasteiger partial charge in [-0.05, 0) is 19.3 Å². The predicted octanol–water partition coefficient (Wildman–Crippen LogP) is 2.12. The number of carboxylic acids is 1. The first-order valence-electron chi connectivity index (χ1n) is 10.7. The van der Waals surface area contributed by atoms with Gasteiger partial charge in [0.15, 0.2) is 0 Å². The smallest absolute Gasteiger partial charge is 0.308 e. The predicted molar refractivity (Wildman–Crippen MR) is 120 cm³/mol. The van der Waals surface area contributed by atoms with Crippen molar-refractivity contribution >= 4 is 45.5 Å². The molecule has 0 radical (unpaired) electrons. The Hall–Kier alpha value is -1.06. The Morgan fingerprint density at radius 2 is 2.13 bits per heavy atom. The number of aliphatic carboxylic acids is 1. The van der Waals surface area contributed by atoms with E-state index < -0.39 is 28.6 Å². The van der Waals surface area contributed by atoms with Gasteiger partial charge in [0.25, 0.3) is 0 Å². The molecule has 3 aliphatic rings. The Morgan fingerprint density at radius 3 is 2.73 bits per heavy atom. The molecule has 2 bridgehead atoms. The third-order valence-corrected chi connectivity index (χ3v) is 9.78. The number of amides is 2. The molecule has 2 amide bonds. The Balaban J connectivity index is 1.98. The summed E-state index contributed by atoms with van der Waals surface area (Å²) in [7, 11) is 0. The van der Waals surface area contributed by atoms with Gasteiger partial charge >= 0.3 is 5.97 Å². The summed E-state index contributed by atoms with van der Waals surface area (Å²) in [5, 5.41) is 19.0.